The lowest BCUT2D eigenvalue weighted by Crippen LogP contribution is -2.04. The van der Waals surface area contributed by atoms with Crippen LogP contribution < -0.4 is 14.8 Å². The van der Waals surface area contributed by atoms with Crippen LogP contribution in [-0.2, 0) is 6.54 Å². The highest BCUT2D eigenvalue weighted by molar-refractivity contribution is 6.36. The van der Waals surface area contributed by atoms with Crippen molar-refractivity contribution in [3.63, 3.8) is 0 Å². The van der Waals surface area contributed by atoms with Crippen LogP contribution in [0.15, 0.2) is 30.3 Å². The van der Waals surface area contributed by atoms with E-state index in [2.05, 4.69) is 12.2 Å². The summed E-state index contributed by atoms with van der Waals surface area (Å²) in [6.45, 7) is 5.67. The van der Waals surface area contributed by atoms with Gasteiger partial charge in [-0.05, 0) is 43.2 Å². The molecule has 0 saturated carbocycles. The Hall–Kier alpha value is -1.29. The minimum atomic E-state index is 0.508. The van der Waals surface area contributed by atoms with E-state index in [1.807, 2.05) is 19.1 Å². The molecule has 0 heterocycles. The van der Waals surface area contributed by atoms with Gasteiger partial charge in [0, 0.05) is 22.7 Å². The summed E-state index contributed by atoms with van der Waals surface area (Å²) in [5, 5.41) is 5.03. The zero-order chi connectivity index (χ0) is 17.5. The van der Waals surface area contributed by atoms with Crippen molar-refractivity contribution in [3.05, 3.63) is 51.0 Å². The SMILES string of the molecule is CCCOc1cc(Cl)c(CNc2ccc(Cl)cc2Cl)cc1OCC. The van der Waals surface area contributed by atoms with Gasteiger partial charge in [-0.25, -0.2) is 0 Å². The average molecular weight is 389 g/mol. The van der Waals surface area contributed by atoms with Gasteiger partial charge in [0.05, 0.1) is 23.9 Å². The number of anilines is 1. The van der Waals surface area contributed by atoms with Crippen LogP contribution in [0.25, 0.3) is 0 Å². The topological polar surface area (TPSA) is 30.5 Å². The van der Waals surface area contributed by atoms with Crippen molar-refractivity contribution in [2.24, 2.45) is 0 Å². The van der Waals surface area contributed by atoms with E-state index in [9.17, 15) is 0 Å². The van der Waals surface area contributed by atoms with Crippen molar-refractivity contribution < 1.29 is 9.47 Å². The maximum Gasteiger partial charge on any atom is 0.162 e. The van der Waals surface area contributed by atoms with Gasteiger partial charge in [-0.15, -0.1) is 0 Å². The number of halogens is 3. The molecule has 0 saturated heterocycles. The highest BCUT2D eigenvalue weighted by atomic mass is 35.5. The summed E-state index contributed by atoms with van der Waals surface area (Å²) >= 11 is 18.5. The smallest absolute Gasteiger partial charge is 0.162 e. The molecule has 0 aromatic heterocycles. The summed E-state index contributed by atoms with van der Waals surface area (Å²) in [4.78, 5) is 0. The van der Waals surface area contributed by atoms with Crippen LogP contribution in [0.3, 0.4) is 0 Å². The van der Waals surface area contributed by atoms with Gasteiger partial charge in [0.2, 0.25) is 0 Å². The maximum atomic E-state index is 6.38. The number of nitrogens with one attached hydrogen (secondary N) is 1. The number of benzene rings is 2. The molecule has 0 bridgehead atoms. The fourth-order valence-electron chi connectivity index (χ4n) is 2.13. The van der Waals surface area contributed by atoms with Crippen LogP contribution in [0.4, 0.5) is 5.69 Å². The molecule has 2 rings (SSSR count). The van der Waals surface area contributed by atoms with Crippen molar-refractivity contribution in [2.75, 3.05) is 18.5 Å². The fourth-order valence-corrected chi connectivity index (χ4v) is 2.82. The lowest BCUT2D eigenvalue weighted by Gasteiger charge is -2.15. The van der Waals surface area contributed by atoms with Gasteiger partial charge in [0.25, 0.3) is 0 Å². The molecule has 3 nitrogen and oxygen atoms in total. The quantitative estimate of drug-likeness (QED) is 0.564. The Bertz CT molecular complexity index is 692. The molecule has 0 amide bonds. The molecule has 2 aromatic carbocycles. The molecule has 130 valence electrons. The molecule has 0 unspecified atom stereocenters. The van der Waals surface area contributed by atoms with Crippen molar-refractivity contribution in [3.8, 4) is 11.5 Å². The zero-order valence-corrected chi connectivity index (χ0v) is 15.9. The third-order valence-corrected chi connectivity index (χ3v) is 4.17. The number of ether oxygens (including phenoxy) is 2. The van der Waals surface area contributed by atoms with Crippen LogP contribution in [0.5, 0.6) is 11.5 Å². The molecule has 0 fully saturated rings. The van der Waals surface area contributed by atoms with E-state index in [0.29, 0.717) is 46.3 Å². The fraction of sp³-hybridized carbons (Fsp3) is 0.333. The lowest BCUT2D eigenvalue weighted by atomic mass is 10.2. The van der Waals surface area contributed by atoms with Gasteiger partial charge in [0.15, 0.2) is 11.5 Å². The second-order valence-corrected chi connectivity index (χ2v) is 6.40. The Morgan fingerprint density at radius 3 is 2.33 bits per heavy atom. The van der Waals surface area contributed by atoms with E-state index in [-0.39, 0.29) is 0 Å². The van der Waals surface area contributed by atoms with Crippen LogP contribution in [0, 0.1) is 0 Å². The molecular weight excluding hydrogens is 369 g/mol. The second kappa shape index (κ2) is 9.26. The van der Waals surface area contributed by atoms with Crippen LogP contribution >= 0.6 is 34.8 Å². The van der Waals surface area contributed by atoms with Crippen molar-refractivity contribution in [1.82, 2.24) is 0 Å². The minimum Gasteiger partial charge on any atom is -0.490 e. The Labute approximate surface area is 157 Å². The van der Waals surface area contributed by atoms with Crippen molar-refractivity contribution in [1.29, 1.82) is 0 Å². The van der Waals surface area contributed by atoms with Gasteiger partial charge in [-0.1, -0.05) is 41.7 Å². The predicted octanol–water partition coefficient (Wildman–Crippen LogP) is 6.45. The standard InChI is InChI=1S/C18H20Cl3NO2/c1-3-7-24-18-10-14(20)12(8-17(18)23-4-2)11-22-16-6-5-13(19)9-15(16)21/h5-6,8-10,22H,3-4,7,11H2,1-2H3. The Morgan fingerprint density at radius 2 is 1.67 bits per heavy atom. The first-order chi connectivity index (χ1) is 11.5. The second-order valence-electron chi connectivity index (χ2n) is 5.15. The van der Waals surface area contributed by atoms with E-state index in [4.69, 9.17) is 44.3 Å². The first-order valence-corrected chi connectivity index (χ1v) is 8.95. The third-order valence-electron chi connectivity index (χ3n) is 3.27. The minimum absolute atomic E-state index is 0.508. The monoisotopic (exact) mass is 387 g/mol. The molecule has 0 spiro atoms. The largest absolute Gasteiger partial charge is 0.490 e. The van der Waals surface area contributed by atoms with Crippen LogP contribution in [0.2, 0.25) is 15.1 Å². The molecular formula is C18H20Cl3NO2. The first kappa shape index (κ1) is 19.0. The number of rotatable bonds is 8. The maximum absolute atomic E-state index is 6.38. The predicted molar refractivity (Wildman–Crippen MR) is 102 cm³/mol. The summed E-state index contributed by atoms with van der Waals surface area (Å²) in [6.07, 6.45) is 0.918. The van der Waals surface area contributed by atoms with Gasteiger partial charge in [0.1, 0.15) is 0 Å². The molecule has 24 heavy (non-hydrogen) atoms. The molecule has 0 aliphatic heterocycles. The molecule has 2 aromatic rings. The van der Waals surface area contributed by atoms with E-state index in [1.165, 1.54) is 0 Å². The Kier molecular flexibility index (Phi) is 7.35. The van der Waals surface area contributed by atoms with E-state index in [1.54, 1.807) is 18.2 Å². The number of hydrogen-bond acceptors (Lipinski definition) is 3. The van der Waals surface area contributed by atoms with Crippen molar-refractivity contribution in [2.45, 2.75) is 26.8 Å². The van der Waals surface area contributed by atoms with Gasteiger partial charge in [-0.2, -0.15) is 0 Å². The Morgan fingerprint density at radius 1 is 0.917 bits per heavy atom. The van der Waals surface area contributed by atoms with Crippen LogP contribution in [0.1, 0.15) is 25.8 Å². The normalized spacial score (nSPS) is 10.5. The highest BCUT2D eigenvalue weighted by Gasteiger charge is 2.12. The molecule has 0 aliphatic rings. The van der Waals surface area contributed by atoms with E-state index in [0.717, 1.165) is 17.7 Å². The summed E-state index contributed by atoms with van der Waals surface area (Å²) in [5.74, 6) is 1.35. The lowest BCUT2D eigenvalue weighted by molar-refractivity contribution is 0.276. The molecule has 1 N–H and O–H groups in total. The van der Waals surface area contributed by atoms with Gasteiger partial charge >= 0.3 is 0 Å². The molecule has 0 aliphatic carbocycles. The number of hydrogen-bond donors (Lipinski definition) is 1. The zero-order valence-electron chi connectivity index (χ0n) is 13.7. The van der Waals surface area contributed by atoms with Crippen LogP contribution in [-0.4, -0.2) is 13.2 Å². The summed E-state index contributed by atoms with van der Waals surface area (Å²) in [7, 11) is 0. The van der Waals surface area contributed by atoms with E-state index >= 15 is 0 Å². The highest BCUT2D eigenvalue weighted by Crippen LogP contribution is 2.34. The Balaban J connectivity index is 2.18. The summed E-state index contributed by atoms with van der Waals surface area (Å²) < 4.78 is 11.4. The average Bonchev–Trinajstić information content (AvgIpc) is 2.55. The third kappa shape index (κ3) is 5.10. The summed E-state index contributed by atoms with van der Waals surface area (Å²) in [5.41, 5.74) is 1.69. The summed E-state index contributed by atoms with van der Waals surface area (Å²) in [6, 6.07) is 9.00. The first-order valence-electron chi connectivity index (χ1n) is 7.82. The van der Waals surface area contributed by atoms with Gasteiger partial charge in [-0.3, -0.25) is 0 Å². The molecule has 0 atom stereocenters. The van der Waals surface area contributed by atoms with Crippen molar-refractivity contribution >= 4 is 40.5 Å². The molecule has 0 radical (unpaired) electrons. The van der Waals surface area contributed by atoms with Gasteiger partial charge < -0.3 is 14.8 Å². The molecule has 6 heteroatoms. The van der Waals surface area contributed by atoms with E-state index < -0.39 is 0 Å².